The lowest BCUT2D eigenvalue weighted by atomic mass is 10.1. The van der Waals surface area contributed by atoms with Crippen molar-refractivity contribution in [2.24, 2.45) is 0 Å². The molecule has 0 fully saturated rings. The van der Waals surface area contributed by atoms with Crippen molar-refractivity contribution in [3.8, 4) is 11.5 Å². The van der Waals surface area contributed by atoms with E-state index in [4.69, 9.17) is 37.4 Å². The van der Waals surface area contributed by atoms with Gasteiger partial charge in [0.2, 0.25) is 0 Å². The van der Waals surface area contributed by atoms with Gasteiger partial charge in [0.15, 0.2) is 5.82 Å². The Kier molecular flexibility index (Phi) is 13.9. The van der Waals surface area contributed by atoms with Gasteiger partial charge in [-0.1, -0.05) is 23.2 Å². The molecule has 2 aromatic carbocycles. The minimum atomic E-state index is -4.89. The molecule has 50 heavy (non-hydrogen) atoms. The van der Waals surface area contributed by atoms with E-state index in [0.29, 0.717) is 30.0 Å². The van der Waals surface area contributed by atoms with Crippen LogP contribution in [-0.4, -0.2) is 67.0 Å². The molecule has 1 aromatic heterocycles. The summed E-state index contributed by atoms with van der Waals surface area (Å²) in [6, 6.07) is 5.25. The molecule has 0 aliphatic heterocycles. The molecule has 1 unspecified atom stereocenters. The molecule has 0 aliphatic rings. The Labute approximate surface area is 304 Å². The lowest BCUT2D eigenvalue weighted by Crippen LogP contribution is -2.44. The summed E-state index contributed by atoms with van der Waals surface area (Å²) in [4.78, 5) is 39.5. The first-order valence-corrected chi connectivity index (χ1v) is 18.4. The Morgan fingerprint density at radius 1 is 1.02 bits per heavy atom. The monoisotopic (exact) mass is 776 g/mol. The summed E-state index contributed by atoms with van der Waals surface area (Å²) in [5, 5.41) is 16.4. The van der Waals surface area contributed by atoms with Gasteiger partial charge in [-0.05, 0) is 104 Å². The third kappa shape index (κ3) is 12.0. The van der Waals surface area contributed by atoms with Crippen LogP contribution in [0.3, 0.4) is 0 Å². The standard InChI is InChI=1S/C32H39Cl2FN4O9S2/c1-31(2,3)47-29(42)38-23(28(40)41)11-13-36-12-7-8-19-14-20(33)9-10-24(19)46-25-16-22(35)26(15-21(25)34)50(44,45)39(27-17-49-18-37-27)30(43)48-32(4,5)6/h9-10,14-18,23,36H,7-8,11-13H2,1-6H3,(H,38,42)(H,40,41). The van der Waals surface area contributed by atoms with Crippen molar-refractivity contribution < 1.29 is 46.5 Å². The molecule has 0 saturated carbocycles. The predicted octanol–water partition coefficient (Wildman–Crippen LogP) is 7.40. The third-order valence-corrected chi connectivity index (χ3v) is 9.12. The molecule has 3 aromatic rings. The van der Waals surface area contributed by atoms with E-state index in [2.05, 4.69) is 15.6 Å². The summed E-state index contributed by atoms with van der Waals surface area (Å²) in [7, 11) is -4.89. The highest BCUT2D eigenvalue weighted by molar-refractivity contribution is 7.93. The molecule has 2 amide bonds. The van der Waals surface area contributed by atoms with Crippen LogP contribution in [0.5, 0.6) is 11.5 Å². The summed E-state index contributed by atoms with van der Waals surface area (Å²) in [6.07, 6.45) is -1.03. The van der Waals surface area contributed by atoms with Gasteiger partial charge in [-0.2, -0.15) is 0 Å². The average molecular weight is 778 g/mol. The predicted molar refractivity (Wildman–Crippen MR) is 188 cm³/mol. The van der Waals surface area contributed by atoms with Crippen LogP contribution in [-0.2, 0) is 30.7 Å². The van der Waals surface area contributed by atoms with Crippen LogP contribution in [0.15, 0.2) is 46.1 Å². The molecule has 0 aliphatic carbocycles. The molecule has 3 N–H and O–H groups in total. The zero-order valence-corrected chi connectivity index (χ0v) is 31.4. The number of hydrogen-bond acceptors (Lipinski definition) is 11. The van der Waals surface area contributed by atoms with Crippen LogP contribution in [0.25, 0.3) is 0 Å². The SMILES string of the molecule is CC(C)(C)OC(=O)NC(CCNCCCc1cc(Cl)ccc1Oc1cc(F)c(S(=O)(=O)N(C(=O)OC(C)(C)C)c2cscn2)cc1Cl)C(=O)O. The van der Waals surface area contributed by atoms with Gasteiger partial charge >= 0.3 is 18.2 Å². The molecule has 1 atom stereocenters. The Balaban J connectivity index is 1.71. The van der Waals surface area contributed by atoms with Gasteiger partial charge in [-0.25, -0.2) is 32.2 Å². The van der Waals surface area contributed by atoms with E-state index in [9.17, 15) is 27.9 Å². The summed E-state index contributed by atoms with van der Waals surface area (Å²) in [5.74, 6) is -2.64. The first kappa shape index (κ1) is 40.7. The molecule has 274 valence electrons. The Hall–Kier alpha value is -3.70. The van der Waals surface area contributed by atoms with Crippen LogP contribution in [0.4, 0.5) is 19.8 Å². The van der Waals surface area contributed by atoms with Crippen LogP contribution in [0, 0.1) is 5.82 Å². The van der Waals surface area contributed by atoms with Gasteiger partial charge in [-0.3, -0.25) is 0 Å². The number of alkyl carbamates (subject to hydrolysis) is 1. The highest BCUT2D eigenvalue weighted by Gasteiger charge is 2.38. The zero-order chi connectivity index (χ0) is 37.4. The number of thiazole rings is 1. The van der Waals surface area contributed by atoms with Crippen LogP contribution in [0.1, 0.15) is 59.9 Å². The number of benzene rings is 2. The van der Waals surface area contributed by atoms with E-state index < -0.39 is 56.1 Å². The van der Waals surface area contributed by atoms with Crippen molar-refractivity contribution in [2.75, 3.05) is 17.4 Å². The van der Waals surface area contributed by atoms with Crippen LogP contribution in [0.2, 0.25) is 10.0 Å². The maximum absolute atomic E-state index is 15.6. The van der Waals surface area contributed by atoms with Gasteiger partial charge in [0.1, 0.15) is 39.5 Å². The quantitative estimate of drug-likeness (QED) is 0.139. The number of amides is 2. The number of aromatic nitrogens is 1. The largest absolute Gasteiger partial charge is 0.480 e. The van der Waals surface area contributed by atoms with Gasteiger partial charge in [-0.15, -0.1) is 15.6 Å². The number of halogens is 3. The molecule has 0 bridgehead atoms. The third-order valence-electron chi connectivity index (χ3n) is 6.33. The first-order valence-electron chi connectivity index (χ1n) is 15.2. The summed E-state index contributed by atoms with van der Waals surface area (Å²) in [6.45, 7) is 10.4. The lowest BCUT2D eigenvalue weighted by Gasteiger charge is -2.26. The maximum Gasteiger partial charge on any atom is 0.430 e. The number of hydrogen-bond donors (Lipinski definition) is 3. The highest BCUT2D eigenvalue weighted by atomic mass is 35.5. The minimum absolute atomic E-state index is 0.106. The molecule has 0 spiro atoms. The number of carboxylic acid groups (broad SMARTS) is 1. The van der Waals surface area contributed by atoms with E-state index in [1.165, 1.54) is 10.9 Å². The number of anilines is 1. The maximum atomic E-state index is 15.6. The van der Waals surface area contributed by atoms with Crippen LogP contribution < -0.4 is 19.7 Å². The molecular weight excluding hydrogens is 738 g/mol. The fourth-order valence-electron chi connectivity index (χ4n) is 4.25. The minimum Gasteiger partial charge on any atom is -0.480 e. The van der Waals surface area contributed by atoms with E-state index in [-0.39, 0.29) is 39.6 Å². The highest BCUT2D eigenvalue weighted by Crippen LogP contribution is 2.37. The van der Waals surface area contributed by atoms with Crippen molar-refractivity contribution in [3.05, 3.63) is 62.6 Å². The second-order valence-electron chi connectivity index (χ2n) is 12.8. The van der Waals surface area contributed by atoms with E-state index in [1.54, 1.807) is 59.7 Å². The van der Waals surface area contributed by atoms with E-state index in [0.717, 1.165) is 23.5 Å². The van der Waals surface area contributed by atoms with Gasteiger partial charge in [0.05, 0.1) is 10.5 Å². The van der Waals surface area contributed by atoms with Gasteiger partial charge < -0.3 is 30.0 Å². The number of nitrogens with one attached hydrogen (secondary N) is 2. The Bertz CT molecular complexity index is 1780. The topological polar surface area (TPSA) is 173 Å². The number of carbonyl (C=O) groups excluding carboxylic acids is 2. The van der Waals surface area contributed by atoms with Crippen molar-refractivity contribution in [1.29, 1.82) is 0 Å². The van der Waals surface area contributed by atoms with Crippen molar-refractivity contribution in [1.82, 2.24) is 15.6 Å². The number of ether oxygens (including phenoxy) is 3. The number of aryl methyl sites for hydroxylation is 1. The zero-order valence-electron chi connectivity index (χ0n) is 28.2. The molecule has 18 heteroatoms. The lowest BCUT2D eigenvalue weighted by molar-refractivity contribution is -0.139. The summed E-state index contributed by atoms with van der Waals surface area (Å²) >= 11 is 13.7. The second kappa shape index (κ2) is 17.0. The number of carbonyl (C=O) groups is 3. The second-order valence-corrected chi connectivity index (χ2v) is 16.2. The number of carboxylic acids is 1. The Morgan fingerprint density at radius 2 is 1.70 bits per heavy atom. The van der Waals surface area contributed by atoms with E-state index >= 15 is 4.39 Å². The fourth-order valence-corrected chi connectivity index (χ4v) is 6.65. The summed E-state index contributed by atoms with van der Waals surface area (Å²) in [5.41, 5.74) is 0.0991. The molecule has 0 saturated heterocycles. The van der Waals surface area contributed by atoms with Crippen LogP contribution >= 0.6 is 34.5 Å². The smallest absolute Gasteiger partial charge is 0.430 e. The number of nitrogens with zero attached hydrogens (tertiary/aromatic N) is 2. The first-order chi connectivity index (χ1) is 23.2. The molecule has 13 nitrogen and oxygen atoms in total. The number of aliphatic carboxylic acids is 1. The average Bonchev–Trinajstić information content (AvgIpc) is 3.49. The van der Waals surface area contributed by atoms with E-state index in [1.807, 2.05) is 0 Å². The molecule has 0 radical (unpaired) electrons. The molecule has 1 heterocycles. The van der Waals surface area contributed by atoms with Gasteiger partial charge in [0.25, 0.3) is 10.0 Å². The molecule has 3 rings (SSSR count). The number of sulfonamides is 1. The number of rotatable bonds is 14. The normalized spacial score (nSPS) is 12.6. The van der Waals surface area contributed by atoms with Crippen molar-refractivity contribution in [2.45, 2.75) is 82.9 Å². The van der Waals surface area contributed by atoms with Crippen molar-refractivity contribution in [3.63, 3.8) is 0 Å². The fraction of sp³-hybridized carbons (Fsp3) is 0.438. The Morgan fingerprint density at radius 3 is 2.30 bits per heavy atom. The van der Waals surface area contributed by atoms with Gasteiger partial charge in [0, 0.05) is 16.5 Å². The molecular formula is C32H39Cl2FN4O9S2. The summed E-state index contributed by atoms with van der Waals surface area (Å²) < 4.78 is 59.4. The van der Waals surface area contributed by atoms with Crippen molar-refractivity contribution >= 4 is 68.5 Å².